The van der Waals surface area contributed by atoms with Crippen LogP contribution in [0.3, 0.4) is 0 Å². The van der Waals surface area contributed by atoms with Crippen molar-refractivity contribution in [2.75, 3.05) is 0 Å². The Morgan fingerprint density at radius 1 is 1.20 bits per heavy atom. The van der Waals surface area contributed by atoms with Crippen LogP contribution < -0.4 is 5.43 Å². The molecule has 6 heteroatoms. The summed E-state index contributed by atoms with van der Waals surface area (Å²) in [5.41, 5.74) is 3.09. The van der Waals surface area contributed by atoms with Gasteiger partial charge in [0.25, 0.3) is 5.91 Å². The number of nitrogens with zero attached hydrogens (tertiary/aromatic N) is 2. The summed E-state index contributed by atoms with van der Waals surface area (Å²) < 4.78 is 0. The van der Waals surface area contributed by atoms with E-state index in [0.717, 1.165) is 15.8 Å². The Hall–Kier alpha value is -2.86. The van der Waals surface area contributed by atoms with Crippen LogP contribution in [0.5, 0.6) is 5.75 Å². The van der Waals surface area contributed by atoms with Crippen LogP contribution in [0, 0.1) is 0 Å². The number of thioether (sulfide) groups is 1. The zero-order valence-electron chi connectivity index (χ0n) is 13.6. The molecule has 0 saturated heterocycles. The highest BCUT2D eigenvalue weighted by molar-refractivity contribution is 8.00. The van der Waals surface area contributed by atoms with Gasteiger partial charge in [0.15, 0.2) is 0 Å². The highest BCUT2D eigenvalue weighted by Gasteiger charge is 2.14. The predicted octanol–water partition coefficient (Wildman–Crippen LogP) is 3.57. The van der Waals surface area contributed by atoms with E-state index in [4.69, 9.17) is 0 Å². The zero-order valence-corrected chi connectivity index (χ0v) is 14.4. The van der Waals surface area contributed by atoms with Crippen LogP contribution in [0.4, 0.5) is 0 Å². The Bertz CT molecular complexity index is 913. The van der Waals surface area contributed by atoms with Crippen molar-refractivity contribution in [1.29, 1.82) is 0 Å². The minimum Gasteiger partial charge on any atom is -0.507 e. The second kappa shape index (κ2) is 7.81. The SMILES string of the molecule is C[C@H](Sc1ccccn1)C(=O)N/N=C/c1c(O)ccc2ccccc12. The fourth-order valence-electron chi connectivity index (χ4n) is 2.32. The Kier molecular flexibility index (Phi) is 5.30. The van der Waals surface area contributed by atoms with Crippen molar-refractivity contribution in [2.45, 2.75) is 17.2 Å². The van der Waals surface area contributed by atoms with Gasteiger partial charge in [-0.1, -0.05) is 48.2 Å². The molecule has 3 aromatic rings. The number of hydrogen-bond acceptors (Lipinski definition) is 5. The summed E-state index contributed by atoms with van der Waals surface area (Å²) in [6, 6.07) is 16.7. The van der Waals surface area contributed by atoms with Crippen LogP contribution in [0.2, 0.25) is 0 Å². The van der Waals surface area contributed by atoms with Gasteiger partial charge < -0.3 is 5.11 Å². The van der Waals surface area contributed by atoms with Crippen LogP contribution in [0.25, 0.3) is 10.8 Å². The summed E-state index contributed by atoms with van der Waals surface area (Å²) in [7, 11) is 0. The quantitative estimate of drug-likeness (QED) is 0.419. The lowest BCUT2D eigenvalue weighted by Crippen LogP contribution is -2.26. The molecule has 0 saturated carbocycles. The number of aromatic nitrogens is 1. The summed E-state index contributed by atoms with van der Waals surface area (Å²) in [6.07, 6.45) is 3.15. The first kappa shape index (κ1) is 17.0. The van der Waals surface area contributed by atoms with E-state index < -0.39 is 0 Å². The maximum Gasteiger partial charge on any atom is 0.253 e. The van der Waals surface area contributed by atoms with Crippen molar-refractivity contribution in [3.63, 3.8) is 0 Å². The zero-order chi connectivity index (χ0) is 17.6. The fourth-order valence-corrected chi connectivity index (χ4v) is 3.12. The number of hydrazone groups is 1. The van der Waals surface area contributed by atoms with E-state index >= 15 is 0 Å². The van der Waals surface area contributed by atoms with E-state index in [0.29, 0.717) is 5.56 Å². The average molecular weight is 351 g/mol. The number of hydrogen-bond donors (Lipinski definition) is 2. The van der Waals surface area contributed by atoms with Gasteiger partial charge in [-0.25, -0.2) is 10.4 Å². The first-order valence-electron chi connectivity index (χ1n) is 7.76. The number of fused-ring (bicyclic) bond motifs is 1. The Morgan fingerprint density at radius 3 is 2.80 bits per heavy atom. The number of carbonyl (C=O) groups is 1. The maximum absolute atomic E-state index is 12.2. The number of pyridine rings is 1. The highest BCUT2D eigenvalue weighted by Crippen LogP contribution is 2.25. The van der Waals surface area contributed by atoms with Gasteiger partial charge in [-0.15, -0.1) is 0 Å². The summed E-state index contributed by atoms with van der Waals surface area (Å²) >= 11 is 1.36. The molecule has 2 aromatic carbocycles. The second-order valence-electron chi connectivity index (χ2n) is 5.38. The molecule has 5 nitrogen and oxygen atoms in total. The summed E-state index contributed by atoms with van der Waals surface area (Å²) in [4.78, 5) is 16.3. The van der Waals surface area contributed by atoms with E-state index in [1.165, 1.54) is 18.0 Å². The molecule has 25 heavy (non-hydrogen) atoms. The molecular weight excluding hydrogens is 334 g/mol. The van der Waals surface area contributed by atoms with Gasteiger partial charge in [0.2, 0.25) is 0 Å². The van der Waals surface area contributed by atoms with E-state index in [9.17, 15) is 9.90 Å². The molecule has 0 aliphatic heterocycles. The van der Waals surface area contributed by atoms with Gasteiger partial charge in [-0.05, 0) is 35.9 Å². The van der Waals surface area contributed by atoms with Gasteiger partial charge >= 0.3 is 0 Å². The smallest absolute Gasteiger partial charge is 0.253 e. The number of rotatable bonds is 5. The van der Waals surface area contributed by atoms with Crippen LogP contribution in [0.15, 0.2) is 70.9 Å². The molecule has 1 heterocycles. The standard InChI is InChI=1S/C19H17N3O2S/c1-13(25-18-8-4-5-11-20-18)19(24)22-21-12-16-15-7-3-2-6-14(15)9-10-17(16)23/h2-13,23H,1H3,(H,22,24)/b21-12+/t13-/m0/s1. The van der Waals surface area contributed by atoms with Crippen molar-refractivity contribution < 1.29 is 9.90 Å². The third kappa shape index (κ3) is 4.16. The predicted molar refractivity (Wildman–Crippen MR) is 101 cm³/mol. The van der Waals surface area contributed by atoms with Gasteiger partial charge in [0, 0.05) is 11.8 Å². The Balaban J connectivity index is 1.69. The molecular formula is C19H17N3O2S. The first-order valence-corrected chi connectivity index (χ1v) is 8.64. The largest absolute Gasteiger partial charge is 0.507 e. The Morgan fingerprint density at radius 2 is 2.00 bits per heavy atom. The molecule has 1 amide bonds. The minimum atomic E-state index is -0.340. The van der Waals surface area contributed by atoms with E-state index in [1.807, 2.05) is 48.5 Å². The van der Waals surface area contributed by atoms with Crippen molar-refractivity contribution in [1.82, 2.24) is 10.4 Å². The van der Waals surface area contributed by atoms with E-state index in [1.54, 1.807) is 19.2 Å². The molecule has 0 aliphatic carbocycles. The van der Waals surface area contributed by atoms with Gasteiger partial charge in [0.1, 0.15) is 5.75 Å². The second-order valence-corrected chi connectivity index (χ2v) is 6.74. The van der Waals surface area contributed by atoms with Crippen LogP contribution >= 0.6 is 11.8 Å². The lowest BCUT2D eigenvalue weighted by molar-refractivity contribution is -0.120. The highest BCUT2D eigenvalue weighted by atomic mass is 32.2. The number of benzene rings is 2. The monoisotopic (exact) mass is 351 g/mol. The number of carbonyl (C=O) groups excluding carboxylic acids is 1. The molecule has 0 fully saturated rings. The third-order valence-corrected chi connectivity index (χ3v) is 4.67. The fraction of sp³-hybridized carbons (Fsp3) is 0.105. The molecule has 0 unspecified atom stereocenters. The Labute approximate surface area is 149 Å². The molecule has 0 aliphatic rings. The number of nitrogens with one attached hydrogen (secondary N) is 1. The van der Waals surface area contributed by atoms with Gasteiger partial charge in [0.05, 0.1) is 16.5 Å². The summed E-state index contributed by atoms with van der Waals surface area (Å²) in [6.45, 7) is 1.79. The molecule has 3 rings (SSSR count). The number of amides is 1. The number of phenolic OH excluding ortho intramolecular Hbond substituents is 1. The number of aromatic hydroxyl groups is 1. The molecule has 0 bridgehead atoms. The third-order valence-electron chi connectivity index (χ3n) is 3.62. The average Bonchev–Trinajstić information content (AvgIpc) is 2.64. The molecule has 0 spiro atoms. The van der Waals surface area contributed by atoms with Crippen molar-refractivity contribution >= 4 is 34.7 Å². The van der Waals surface area contributed by atoms with E-state index in [-0.39, 0.29) is 16.9 Å². The maximum atomic E-state index is 12.2. The lowest BCUT2D eigenvalue weighted by Gasteiger charge is -2.08. The molecule has 2 N–H and O–H groups in total. The summed E-state index contributed by atoms with van der Waals surface area (Å²) in [5.74, 6) is -0.112. The van der Waals surface area contributed by atoms with Crippen LogP contribution in [-0.4, -0.2) is 27.5 Å². The lowest BCUT2D eigenvalue weighted by atomic mass is 10.0. The molecule has 1 aromatic heterocycles. The van der Waals surface area contributed by atoms with Crippen LogP contribution in [0.1, 0.15) is 12.5 Å². The van der Waals surface area contributed by atoms with Crippen molar-refractivity contribution in [3.05, 3.63) is 66.4 Å². The molecule has 126 valence electrons. The normalized spacial score (nSPS) is 12.4. The number of phenols is 1. The van der Waals surface area contributed by atoms with E-state index in [2.05, 4.69) is 15.5 Å². The van der Waals surface area contributed by atoms with Crippen LogP contribution in [-0.2, 0) is 4.79 Å². The van der Waals surface area contributed by atoms with Gasteiger partial charge in [-0.3, -0.25) is 4.79 Å². The summed E-state index contributed by atoms with van der Waals surface area (Å²) in [5, 5.41) is 16.4. The van der Waals surface area contributed by atoms with Crippen molar-refractivity contribution in [2.24, 2.45) is 5.10 Å². The van der Waals surface area contributed by atoms with Gasteiger partial charge in [-0.2, -0.15) is 5.10 Å². The van der Waals surface area contributed by atoms with Crippen molar-refractivity contribution in [3.8, 4) is 5.75 Å². The minimum absolute atomic E-state index is 0.118. The molecule has 1 atom stereocenters. The topological polar surface area (TPSA) is 74.6 Å². The molecule has 0 radical (unpaired) electrons. The first-order chi connectivity index (χ1) is 12.1.